The van der Waals surface area contributed by atoms with E-state index < -0.39 is 15.1 Å². The third kappa shape index (κ3) is 2.36. The molecule has 0 aliphatic carbocycles. The van der Waals surface area contributed by atoms with Crippen LogP contribution in [0, 0.1) is 0 Å². The number of hydrogen-bond donors (Lipinski definition) is 1. The van der Waals surface area contributed by atoms with Gasteiger partial charge in [0.25, 0.3) is 0 Å². The quantitative estimate of drug-likeness (QED) is 0.590. The van der Waals surface area contributed by atoms with E-state index in [1.54, 1.807) is 0 Å². The molecule has 0 saturated carbocycles. The minimum Gasteiger partial charge on any atom is -0.324 e. The number of hydrogen-bond acceptors (Lipinski definition) is 4. The van der Waals surface area contributed by atoms with Gasteiger partial charge in [-0.05, 0) is 24.3 Å². The summed E-state index contributed by atoms with van der Waals surface area (Å²) in [7, 11) is -4.69. The molecule has 1 aromatic rings. The zero-order chi connectivity index (χ0) is 10.8. The molecule has 1 aromatic carbocycles. The van der Waals surface area contributed by atoms with Crippen LogP contribution >= 0.6 is 0 Å². The minimum absolute atomic E-state index is 0.165. The van der Waals surface area contributed by atoms with Gasteiger partial charge in [0.05, 0.1) is 11.4 Å². The monoisotopic (exact) mass is 217 g/mol. The van der Waals surface area contributed by atoms with Crippen molar-refractivity contribution in [3.63, 3.8) is 0 Å². The molecule has 0 spiro atoms. The number of ketones is 1. The van der Waals surface area contributed by atoms with E-state index in [9.17, 15) is 17.1 Å². The SMILES string of the molecule is NCC(=O)c1ccc(S(=O)(=O)F)cc1. The Morgan fingerprint density at radius 2 is 1.79 bits per heavy atom. The van der Waals surface area contributed by atoms with Crippen LogP contribution in [0.1, 0.15) is 10.4 Å². The number of Topliss-reactive ketones (excluding diaryl/α,β-unsaturated/α-hetero) is 1. The van der Waals surface area contributed by atoms with Crippen molar-refractivity contribution >= 4 is 16.0 Å². The first-order valence-electron chi connectivity index (χ1n) is 3.73. The third-order valence-electron chi connectivity index (χ3n) is 1.64. The highest BCUT2D eigenvalue weighted by Crippen LogP contribution is 2.12. The molecule has 1 rings (SSSR count). The van der Waals surface area contributed by atoms with E-state index in [1.807, 2.05) is 0 Å². The molecular weight excluding hydrogens is 209 g/mol. The Hall–Kier alpha value is -1.27. The van der Waals surface area contributed by atoms with Crippen LogP contribution in [-0.4, -0.2) is 20.7 Å². The number of rotatable bonds is 3. The molecular formula is C8H8FNO3S. The van der Waals surface area contributed by atoms with Gasteiger partial charge in [0.15, 0.2) is 5.78 Å². The van der Waals surface area contributed by atoms with Crippen LogP contribution in [0.4, 0.5) is 3.89 Å². The Bertz CT molecular complexity index is 438. The highest BCUT2D eigenvalue weighted by molar-refractivity contribution is 7.86. The van der Waals surface area contributed by atoms with Crippen molar-refractivity contribution in [2.75, 3.05) is 6.54 Å². The Morgan fingerprint density at radius 3 is 2.14 bits per heavy atom. The molecule has 0 saturated heterocycles. The molecule has 0 unspecified atom stereocenters. The predicted molar refractivity (Wildman–Crippen MR) is 48.1 cm³/mol. The number of carbonyl (C=O) groups excluding carboxylic acids is 1. The maximum Gasteiger partial charge on any atom is 0.332 e. The molecule has 0 bridgehead atoms. The van der Waals surface area contributed by atoms with E-state index in [2.05, 4.69) is 0 Å². The molecule has 4 nitrogen and oxygen atoms in total. The van der Waals surface area contributed by atoms with Crippen LogP contribution in [0.2, 0.25) is 0 Å². The lowest BCUT2D eigenvalue weighted by molar-refractivity contribution is 0.100. The maximum absolute atomic E-state index is 12.4. The largest absolute Gasteiger partial charge is 0.332 e. The number of nitrogens with two attached hydrogens (primary N) is 1. The summed E-state index contributed by atoms with van der Waals surface area (Å²) >= 11 is 0. The molecule has 2 N–H and O–H groups in total. The van der Waals surface area contributed by atoms with Gasteiger partial charge in [-0.3, -0.25) is 4.79 Å². The first-order chi connectivity index (χ1) is 6.45. The first kappa shape index (κ1) is 10.8. The van der Waals surface area contributed by atoms with Gasteiger partial charge < -0.3 is 5.73 Å². The summed E-state index contributed by atoms with van der Waals surface area (Å²) in [5.41, 5.74) is 5.35. The third-order valence-corrected chi connectivity index (χ3v) is 2.48. The van der Waals surface area contributed by atoms with Crippen LogP contribution in [0.3, 0.4) is 0 Å². The highest BCUT2D eigenvalue weighted by atomic mass is 32.3. The van der Waals surface area contributed by atoms with Gasteiger partial charge in [0.1, 0.15) is 0 Å². The smallest absolute Gasteiger partial charge is 0.324 e. The predicted octanol–water partition coefficient (Wildman–Crippen LogP) is 0.486. The summed E-state index contributed by atoms with van der Waals surface area (Å²) in [5, 5.41) is 0. The molecule has 6 heteroatoms. The van der Waals surface area contributed by atoms with Crippen molar-refractivity contribution in [3.8, 4) is 0 Å². The molecule has 0 radical (unpaired) electrons. The fourth-order valence-electron chi connectivity index (χ4n) is 0.921. The summed E-state index contributed by atoms with van der Waals surface area (Å²) in [5.74, 6) is -0.326. The van der Waals surface area contributed by atoms with Gasteiger partial charge in [0, 0.05) is 5.56 Å². The van der Waals surface area contributed by atoms with E-state index in [-0.39, 0.29) is 17.9 Å². The van der Waals surface area contributed by atoms with Gasteiger partial charge in [0.2, 0.25) is 0 Å². The fourth-order valence-corrected chi connectivity index (χ4v) is 1.38. The van der Waals surface area contributed by atoms with Crippen LogP contribution in [-0.2, 0) is 10.2 Å². The zero-order valence-corrected chi connectivity index (χ0v) is 7.92. The van der Waals surface area contributed by atoms with E-state index in [4.69, 9.17) is 5.73 Å². The fraction of sp³-hybridized carbons (Fsp3) is 0.125. The number of halogens is 1. The Morgan fingerprint density at radius 1 is 1.29 bits per heavy atom. The highest BCUT2D eigenvalue weighted by Gasteiger charge is 2.12. The van der Waals surface area contributed by atoms with Crippen LogP contribution < -0.4 is 5.73 Å². The van der Waals surface area contributed by atoms with Gasteiger partial charge in [-0.2, -0.15) is 8.42 Å². The molecule has 0 fully saturated rings. The maximum atomic E-state index is 12.4. The lowest BCUT2D eigenvalue weighted by Gasteiger charge is -1.98. The van der Waals surface area contributed by atoms with E-state index in [0.717, 1.165) is 12.1 Å². The van der Waals surface area contributed by atoms with Crippen LogP contribution in [0.5, 0.6) is 0 Å². The van der Waals surface area contributed by atoms with Gasteiger partial charge in [-0.15, -0.1) is 3.89 Å². The molecule has 0 heterocycles. The second kappa shape index (κ2) is 3.85. The Kier molecular flexibility index (Phi) is 2.97. The van der Waals surface area contributed by atoms with Crippen molar-refractivity contribution < 1.29 is 17.1 Å². The average Bonchev–Trinajstić information content (AvgIpc) is 2.15. The van der Waals surface area contributed by atoms with Crippen molar-refractivity contribution in [1.82, 2.24) is 0 Å². The van der Waals surface area contributed by atoms with E-state index in [1.165, 1.54) is 12.1 Å². The topological polar surface area (TPSA) is 77.2 Å². The van der Waals surface area contributed by atoms with E-state index in [0.29, 0.717) is 0 Å². The molecule has 14 heavy (non-hydrogen) atoms. The molecule has 0 amide bonds. The second-order valence-corrected chi connectivity index (χ2v) is 3.94. The molecule has 0 aliphatic rings. The summed E-state index contributed by atoms with van der Waals surface area (Å²) < 4.78 is 33.2. The zero-order valence-electron chi connectivity index (χ0n) is 7.10. The molecule has 0 aromatic heterocycles. The van der Waals surface area contributed by atoms with Crippen molar-refractivity contribution in [3.05, 3.63) is 29.8 Å². The van der Waals surface area contributed by atoms with Gasteiger partial charge in [-0.25, -0.2) is 0 Å². The standard InChI is InChI=1S/C8H8FNO3S/c9-14(12,13)7-3-1-6(2-4-7)8(11)5-10/h1-4H,5,10H2. The average molecular weight is 217 g/mol. The summed E-state index contributed by atoms with van der Waals surface area (Å²) in [6, 6.07) is 4.50. The summed E-state index contributed by atoms with van der Waals surface area (Å²) in [4.78, 5) is 10.5. The molecule has 0 aliphatic heterocycles. The second-order valence-electron chi connectivity index (χ2n) is 2.59. The summed E-state index contributed by atoms with van der Waals surface area (Å²) in [6.07, 6.45) is 0. The Labute approximate surface area is 80.7 Å². The number of carbonyl (C=O) groups is 1. The van der Waals surface area contributed by atoms with Crippen LogP contribution in [0.25, 0.3) is 0 Å². The number of benzene rings is 1. The normalized spacial score (nSPS) is 11.3. The molecule has 0 atom stereocenters. The van der Waals surface area contributed by atoms with Crippen molar-refractivity contribution in [1.29, 1.82) is 0 Å². The minimum atomic E-state index is -4.69. The van der Waals surface area contributed by atoms with Gasteiger partial charge >= 0.3 is 10.2 Å². The van der Waals surface area contributed by atoms with E-state index >= 15 is 0 Å². The molecule has 76 valence electrons. The van der Waals surface area contributed by atoms with Crippen molar-refractivity contribution in [2.45, 2.75) is 4.90 Å². The summed E-state index contributed by atoms with van der Waals surface area (Å²) in [6.45, 7) is -0.165. The van der Waals surface area contributed by atoms with Crippen molar-refractivity contribution in [2.24, 2.45) is 5.73 Å². The Balaban J connectivity index is 3.07. The van der Waals surface area contributed by atoms with Crippen LogP contribution in [0.15, 0.2) is 29.2 Å². The lowest BCUT2D eigenvalue weighted by Crippen LogP contribution is -2.13. The lowest BCUT2D eigenvalue weighted by atomic mass is 10.1. The first-order valence-corrected chi connectivity index (χ1v) is 5.11. The van der Waals surface area contributed by atoms with Gasteiger partial charge in [-0.1, -0.05) is 0 Å².